The van der Waals surface area contributed by atoms with Crippen LogP contribution in [-0.2, 0) is 42.7 Å². The molecule has 4 atom stereocenters. The van der Waals surface area contributed by atoms with Crippen LogP contribution in [0.25, 0.3) is 22.3 Å². The molecule has 11 heteroatoms. The summed E-state index contributed by atoms with van der Waals surface area (Å²) in [6, 6.07) is 49.1. The van der Waals surface area contributed by atoms with E-state index in [2.05, 4.69) is 84.9 Å². The maximum absolute atomic E-state index is 6.74. The zero-order valence-corrected chi connectivity index (χ0v) is 38.4. The first-order valence-corrected chi connectivity index (χ1v) is 19.2. The molecular formula is C49H46Br2N2O6Pd. The molecule has 0 aromatic heterocycles. The maximum atomic E-state index is 6.74. The Morgan fingerprint density at radius 3 is 1.15 bits per heavy atom. The van der Waals surface area contributed by atoms with Gasteiger partial charge < -0.3 is 62.4 Å². The van der Waals surface area contributed by atoms with E-state index in [1.54, 1.807) is 28.4 Å². The summed E-state index contributed by atoms with van der Waals surface area (Å²) in [5.74, 6) is 4.38. The van der Waals surface area contributed by atoms with Crippen LogP contribution in [0.5, 0.6) is 23.0 Å². The molecule has 6 aromatic rings. The van der Waals surface area contributed by atoms with Gasteiger partial charge in [-0.2, -0.15) is 0 Å². The zero-order valence-electron chi connectivity index (χ0n) is 33.7. The first-order valence-electron chi connectivity index (χ1n) is 19.2. The number of rotatable bonds is 14. The SMILES string of the molecule is COc1cccc(-c2cccc(C[C@H]3N=C(CC4=N[C@H](Cc5cccc(-c6cccc(OC)c6)c5)C(c5cccc(OC)c5)O4)OC3c3cccc(OC)c3)c2)c1.[Br-].[Br-].[Pd+2]. The Morgan fingerprint density at radius 2 is 0.767 bits per heavy atom. The van der Waals surface area contributed by atoms with Crippen LogP contribution >= 0.6 is 0 Å². The Kier molecular flexibility index (Phi) is 16.6. The van der Waals surface area contributed by atoms with Gasteiger partial charge in [-0.25, -0.2) is 9.98 Å². The van der Waals surface area contributed by atoms with Crippen molar-refractivity contribution in [2.24, 2.45) is 9.98 Å². The van der Waals surface area contributed by atoms with Crippen molar-refractivity contribution in [2.45, 2.75) is 43.6 Å². The summed E-state index contributed by atoms with van der Waals surface area (Å²) >= 11 is 0. The van der Waals surface area contributed by atoms with E-state index in [4.69, 9.17) is 38.4 Å². The number of benzene rings is 6. The Bertz CT molecular complexity index is 2260. The molecule has 0 spiro atoms. The van der Waals surface area contributed by atoms with Crippen LogP contribution in [0.2, 0.25) is 0 Å². The van der Waals surface area contributed by atoms with Gasteiger partial charge in [0.25, 0.3) is 0 Å². The van der Waals surface area contributed by atoms with E-state index in [-0.39, 0.29) is 78.7 Å². The maximum Gasteiger partial charge on any atom is 2.00 e. The molecule has 0 radical (unpaired) electrons. The average Bonchev–Trinajstić information content (AvgIpc) is 3.86. The topological polar surface area (TPSA) is 80.1 Å². The first kappa shape index (κ1) is 46.2. The molecule has 2 aliphatic rings. The standard InChI is InChI=1S/C49H46N2O6.2BrH.Pd/c1-52-40-19-7-15-36(27-40)34-13-5-11-32(23-34)25-44-48(38-17-9-21-42(29-38)54-3)56-46(50-44)31-47-51-45(49(57-47)39-18-10-22-43(30-39)55-4)26-33-12-6-14-35(24-33)37-16-8-20-41(28-37)53-2;;;/h5-24,27-30,44-45,48-49H,25-26,31H2,1-4H3;2*1H;/q;;;+2/p-2/t44-,45-,48?,49?;;;/m1.../s1. The van der Waals surface area contributed by atoms with Crippen LogP contribution in [0.15, 0.2) is 156 Å². The molecule has 60 heavy (non-hydrogen) atoms. The van der Waals surface area contributed by atoms with Gasteiger partial charge in [0.05, 0.1) is 46.9 Å². The largest absolute Gasteiger partial charge is 2.00 e. The second-order valence-corrected chi connectivity index (χ2v) is 14.3. The van der Waals surface area contributed by atoms with E-state index in [9.17, 15) is 0 Å². The zero-order chi connectivity index (χ0) is 39.1. The third-order valence-corrected chi connectivity index (χ3v) is 10.5. The van der Waals surface area contributed by atoms with Crippen LogP contribution in [0.1, 0.15) is 40.9 Å². The van der Waals surface area contributed by atoms with Crippen LogP contribution in [0, 0.1) is 0 Å². The van der Waals surface area contributed by atoms with Gasteiger partial charge in [0.2, 0.25) is 0 Å². The summed E-state index contributed by atoms with van der Waals surface area (Å²) in [5.41, 5.74) is 8.73. The van der Waals surface area contributed by atoms with E-state index >= 15 is 0 Å². The van der Waals surface area contributed by atoms with Crippen molar-refractivity contribution in [1.82, 2.24) is 0 Å². The monoisotopic (exact) mass is 1020 g/mol. The molecule has 8 rings (SSSR count). The van der Waals surface area contributed by atoms with Crippen molar-refractivity contribution in [3.05, 3.63) is 168 Å². The van der Waals surface area contributed by atoms with E-state index in [1.165, 1.54) is 0 Å². The van der Waals surface area contributed by atoms with Crippen LogP contribution in [0.3, 0.4) is 0 Å². The molecule has 8 nitrogen and oxygen atoms in total. The summed E-state index contributed by atoms with van der Waals surface area (Å²) < 4.78 is 35.7. The third-order valence-electron chi connectivity index (χ3n) is 10.5. The minimum atomic E-state index is -0.318. The van der Waals surface area contributed by atoms with Crippen molar-refractivity contribution in [3.8, 4) is 45.3 Å². The number of hydrogen-bond acceptors (Lipinski definition) is 8. The van der Waals surface area contributed by atoms with Crippen LogP contribution in [-0.4, -0.2) is 52.3 Å². The van der Waals surface area contributed by atoms with Gasteiger partial charge in [0.15, 0.2) is 11.8 Å². The number of halogens is 2. The van der Waals surface area contributed by atoms with Gasteiger partial charge in [-0.05, 0) is 106 Å². The molecule has 312 valence electrons. The Labute approximate surface area is 387 Å². The number of aliphatic imine (C=N–C) groups is 2. The minimum absolute atomic E-state index is 0. The average molecular weight is 1030 g/mol. The summed E-state index contributed by atoms with van der Waals surface area (Å²) in [7, 11) is 6.73. The molecule has 0 aliphatic carbocycles. The Hall–Kier alpha value is -4.92. The number of hydrogen-bond donors (Lipinski definition) is 0. The van der Waals surface area contributed by atoms with Crippen molar-refractivity contribution in [2.75, 3.05) is 28.4 Å². The second kappa shape index (κ2) is 21.6. The van der Waals surface area contributed by atoms with E-state index in [0.717, 1.165) is 67.5 Å². The predicted molar refractivity (Wildman–Crippen MR) is 225 cm³/mol. The molecule has 2 unspecified atom stereocenters. The summed E-state index contributed by atoms with van der Waals surface area (Å²) in [5, 5.41) is 0. The van der Waals surface area contributed by atoms with Gasteiger partial charge in [0.1, 0.15) is 35.2 Å². The van der Waals surface area contributed by atoms with E-state index in [1.807, 2.05) is 60.7 Å². The fourth-order valence-corrected chi connectivity index (χ4v) is 7.69. The molecule has 6 aromatic carbocycles. The van der Waals surface area contributed by atoms with Gasteiger partial charge in [-0.15, -0.1) is 0 Å². The van der Waals surface area contributed by atoms with Gasteiger partial charge in [-0.3, -0.25) is 0 Å². The molecule has 2 aliphatic heterocycles. The molecule has 0 bridgehead atoms. The smallest absolute Gasteiger partial charge is 1.00 e. The molecular weight excluding hydrogens is 979 g/mol. The van der Waals surface area contributed by atoms with Crippen molar-refractivity contribution in [1.29, 1.82) is 0 Å². The fourth-order valence-electron chi connectivity index (χ4n) is 7.69. The number of nitrogens with zero attached hydrogens (tertiary/aromatic N) is 2. The van der Waals surface area contributed by atoms with Gasteiger partial charge in [0, 0.05) is 0 Å². The van der Waals surface area contributed by atoms with Crippen LogP contribution < -0.4 is 52.9 Å². The Morgan fingerprint density at radius 1 is 0.433 bits per heavy atom. The predicted octanol–water partition coefficient (Wildman–Crippen LogP) is 4.31. The second-order valence-electron chi connectivity index (χ2n) is 14.3. The molecule has 2 heterocycles. The normalized spacial score (nSPS) is 17.6. The number of methoxy groups -OCH3 is 4. The quantitative estimate of drug-likeness (QED) is 0.152. The summed E-state index contributed by atoms with van der Waals surface area (Å²) in [6.07, 6.45) is 1.05. The number of ether oxygens (including phenoxy) is 6. The molecule has 0 fully saturated rings. The van der Waals surface area contributed by atoms with Crippen molar-refractivity contribution < 1.29 is 82.8 Å². The van der Waals surface area contributed by atoms with Crippen molar-refractivity contribution in [3.63, 3.8) is 0 Å². The molecule has 0 saturated carbocycles. The first-order chi connectivity index (χ1) is 28.0. The molecule has 0 N–H and O–H groups in total. The minimum Gasteiger partial charge on any atom is -1.00 e. The fraction of sp³-hybridized carbons (Fsp3) is 0.224. The third kappa shape index (κ3) is 10.9. The Balaban J connectivity index is 0.00000228. The van der Waals surface area contributed by atoms with Gasteiger partial charge in [-0.1, -0.05) is 97.1 Å². The van der Waals surface area contributed by atoms with E-state index in [0.29, 0.717) is 31.1 Å². The molecule has 0 saturated heterocycles. The summed E-state index contributed by atoms with van der Waals surface area (Å²) in [6.45, 7) is 0. The van der Waals surface area contributed by atoms with Gasteiger partial charge >= 0.3 is 20.4 Å². The van der Waals surface area contributed by atoms with Crippen LogP contribution in [0.4, 0.5) is 0 Å². The van der Waals surface area contributed by atoms with E-state index < -0.39 is 0 Å². The summed E-state index contributed by atoms with van der Waals surface area (Å²) in [4.78, 5) is 10.5. The molecule has 0 amide bonds. The van der Waals surface area contributed by atoms with Crippen molar-refractivity contribution >= 4 is 11.8 Å².